The maximum atomic E-state index is 12.3. The second-order valence-corrected chi connectivity index (χ2v) is 6.37. The van der Waals surface area contributed by atoms with Gasteiger partial charge in [-0.05, 0) is 42.3 Å². The van der Waals surface area contributed by atoms with Crippen LogP contribution in [0.5, 0.6) is 5.75 Å². The van der Waals surface area contributed by atoms with Gasteiger partial charge in [0, 0.05) is 24.3 Å². The van der Waals surface area contributed by atoms with Crippen LogP contribution in [0.3, 0.4) is 0 Å². The summed E-state index contributed by atoms with van der Waals surface area (Å²) in [6.45, 7) is 1.58. The van der Waals surface area contributed by atoms with Gasteiger partial charge in [-0.25, -0.2) is 0 Å². The number of fused-ring (bicyclic) bond motifs is 1. The van der Waals surface area contributed by atoms with Crippen LogP contribution in [0, 0.1) is 0 Å². The van der Waals surface area contributed by atoms with E-state index in [0.29, 0.717) is 5.69 Å². The Morgan fingerprint density at radius 1 is 1.04 bits per heavy atom. The molecule has 1 amide bonds. The number of nitrogens with zero attached hydrogens (tertiary/aromatic N) is 3. The molecule has 0 fully saturated rings. The van der Waals surface area contributed by atoms with Gasteiger partial charge in [0.2, 0.25) is 0 Å². The van der Waals surface area contributed by atoms with Crippen LogP contribution in [0.2, 0.25) is 0 Å². The highest BCUT2D eigenvalue weighted by molar-refractivity contribution is 6.02. The van der Waals surface area contributed by atoms with Gasteiger partial charge in [-0.1, -0.05) is 30.3 Å². The molecule has 1 aliphatic rings. The fourth-order valence-corrected chi connectivity index (χ4v) is 3.29. The normalized spacial score (nSPS) is 13.0. The number of hydrogen-bond acceptors (Lipinski definition) is 5. The highest BCUT2D eigenvalue weighted by Gasteiger charge is 2.21. The number of methoxy groups -OCH3 is 1. The minimum atomic E-state index is -0.269. The predicted molar refractivity (Wildman–Crippen MR) is 104 cm³/mol. The van der Waals surface area contributed by atoms with Gasteiger partial charge in [0.05, 0.1) is 7.11 Å². The van der Waals surface area contributed by atoms with Crippen LogP contribution < -0.4 is 15.0 Å². The van der Waals surface area contributed by atoms with Crippen molar-refractivity contribution in [3.63, 3.8) is 0 Å². The van der Waals surface area contributed by atoms with Crippen molar-refractivity contribution < 1.29 is 9.53 Å². The molecule has 0 radical (unpaired) electrons. The summed E-state index contributed by atoms with van der Waals surface area (Å²) in [5.41, 5.74) is 3.51. The van der Waals surface area contributed by atoms with E-state index in [1.165, 1.54) is 11.1 Å². The van der Waals surface area contributed by atoms with Crippen molar-refractivity contribution in [3.8, 4) is 5.75 Å². The Balaban J connectivity index is 1.47. The number of rotatable bonds is 4. The summed E-state index contributed by atoms with van der Waals surface area (Å²) in [5, 5.41) is 11.2. The minimum Gasteiger partial charge on any atom is -0.496 e. The first kappa shape index (κ1) is 17.0. The number of carbonyl (C=O) groups excluding carboxylic acids is 1. The highest BCUT2D eigenvalue weighted by Crippen LogP contribution is 2.29. The van der Waals surface area contributed by atoms with E-state index < -0.39 is 0 Å². The van der Waals surface area contributed by atoms with E-state index in [1.807, 2.05) is 48.5 Å². The molecule has 27 heavy (non-hydrogen) atoms. The Morgan fingerprint density at radius 3 is 2.63 bits per heavy atom. The van der Waals surface area contributed by atoms with E-state index in [4.69, 9.17) is 4.74 Å². The number of ether oxygens (including phenoxy) is 1. The Hall–Kier alpha value is -3.41. The lowest BCUT2D eigenvalue weighted by atomic mass is 9.99. The fourth-order valence-electron chi connectivity index (χ4n) is 3.29. The van der Waals surface area contributed by atoms with Gasteiger partial charge in [0.1, 0.15) is 5.75 Å². The van der Waals surface area contributed by atoms with Crippen LogP contribution in [0.4, 0.5) is 11.5 Å². The Bertz CT molecular complexity index is 942. The average molecular weight is 360 g/mol. The van der Waals surface area contributed by atoms with Gasteiger partial charge in [0.15, 0.2) is 11.5 Å². The number of carbonyl (C=O) groups is 1. The molecule has 0 aliphatic carbocycles. The van der Waals surface area contributed by atoms with Crippen molar-refractivity contribution in [3.05, 3.63) is 77.5 Å². The molecular weight excluding hydrogens is 340 g/mol. The second-order valence-electron chi connectivity index (χ2n) is 6.37. The number of anilines is 2. The van der Waals surface area contributed by atoms with Crippen molar-refractivity contribution in [2.75, 3.05) is 23.9 Å². The second kappa shape index (κ2) is 7.45. The molecule has 6 heteroatoms. The van der Waals surface area contributed by atoms with Gasteiger partial charge in [-0.2, -0.15) is 0 Å². The molecule has 2 heterocycles. The minimum absolute atomic E-state index is 0.269. The molecule has 3 aromatic rings. The third kappa shape index (κ3) is 3.60. The highest BCUT2D eigenvalue weighted by atomic mass is 16.5. The molecule has 136 valence electrons. The van der Waals surface area contributed by atoms with E-state index in [2.05, 4.69) is 26.5 Å². The number of aromatic nitrogens is 2. The van der Waals surface area contributed by atoms with Gasteiger partial charge in [-0.3, -0.25) is 4.79 Å². The molecule has 0 unspecified atom stereocenters. The lowest BCUT2D eigenvalue weighted by Crippen LogP contribution is -2.31. The fraction of sp³-hybridized carbons (Fsp3) is 0.190. The molecule has 1 N–H and O–H groups in total. The van der Waals surface area contributed by atoms with E-state index >= 15 is 0 Å². The third-order valence-corrected chi connectivity index (χ3v) is 4.68. The first-order chi connectivity index (χ1) is 13.2. The SMILES string of the molecule is COc1cccc2c1CCN(c1ccc(C(=O)Nc3ccccc3)nn1)C2. The number of benzene rings is 2. The van der Waals surface area contributed by atoms with Crippen LogP contribution in [-0.4, -0.2) is 29.8 Å². The van der Waals surface area contributed by atoms with Crippen LogP contribution in [-0.2, 0) is 13.0 Å². The maximum Gasteiger partial charge on any atom is 0.276 e. The summed E-state index contributed by atoms with van der Waals surface area (Å²) < 4.78 is 5.45. The summed E-state index contributed by atoms with van der Waals surface area (Å²) in [4.78, 5) is 14.5. The smallest absolute Gasteiger partial charge is 0.276 e. The molecule has 2 aromatic carbocycles. The van der Waals surface area contributed by atoms with Gasteiger partial charge in [-0.15, -0.1) is 10.2 Å². The molecule has 0 saturated heterocycles. The molecule has 0 saturated carbocycles. The number of amides is 1. The third-order valence-electron chi connectivity index (χ3n) is 4.68. The number of hydrogen-bond donors (Lipinski definition) is 1. The lowest BCUT2D eigenvalue weighted by Gasteiger charge is -2.30. The average Bonchev–Trinajstić information content (AvgIpc) is 2.73. The van der Waals surface area contributed by atoms with E-state index in [9.17, 15) is 4.79 Å². The van der Waals surface area contributed by atoms with Gasteiger partial charge >= 0.3 is 0 Å². The molecule has 6 nitrogen and oxygen atoms in total. The summed E-state index contributed by atoms with van der Waals surface area (Å²) in [5.74, 6) is 1.43. The number of nitrogens with one attached hydrogen (secondary N) is 1. The van der Waals surface area contributed by atoms with Gasteiger partial charge < -0.3 is 15.0 Å². The van der Waals surface area contributed by atoms with Gasteiger partial charge in [0.25, 0.3) is 5.91 Å². The quantitative estimate of drug-likeness (QED) is 0.773. The van der Waals surface area contributed by atoms with E-state index in [-0.39, 0.29) is 5.91 Å². The van der Waals surface area contributed by atoms with Crippen molar-refractivity contribution in [1.82, 2.24) is 10.2 Å². The van der Waals surface area contributed by atoms with Crippen LogP contribution >= 0.6 is 0 Å². The van der Waals surface area contributed by atoms with Crippen molar-refractivity contribution >= 4 is 17.4 Å². The predicted octanol–water partition coefficient (Wildman–Crippen LogP) is 3.30. The zero-order valence-electron chi connectivity index (χ0n) is 15.1. The summed E-state index contributed by atoms with van der Waals surface area (Å²) in [6, 6.07) is 19.0. The Morgan fingerprint density at radius 2 is 1.89 bits per heavy atom. The summed E-state index contributed by atoms with van der Waals surface area (Å²) in [6.07, 6.45) is 0.886. The monoisotopic (exact) mass is 360 g/mol. The van der Waals surface area contributed by atoms with Crippen LogP contribution in [0.1, 0.15) is 21.6 Å². The first-order valence-electron chi connectivity index (χ1n) is 8.84. The molecule has 1 aliphatic heterocycles. The molecule has 0 spiro atoms. The molecule has 1 aromatic heterocycles. The zero-order valence-corrected chi connectivity index (χ0v) is 15.1. The topological polar surface area (TPSA) is 67.3 Å². The standard InChI is InChI=1S/C21H20N4O2/c1-27-19-9-5-6-15-14-25(13-12-17(15)19)20-11-10-18(23-24-20)21(26)22-16-7-3-2-4-8-16/h2-11H,12-14H2,1H3,(H,22,26). The van der Waals surface area contributed by atoms with Crippen molar-refractivity contribution in [1.29, 1.82) is 0 Å². The molecule has 0 atom stereocenters. The number of para-hydroxylation sites is 1. The molecule has 0 bridgehead atoms. The Labute approximate surface area is 157 Å². The van der Waals surface area contributed by atoms with Crippen LogP contribution in [0.25, 0.3) is 0 Å². The molecular formula is C21H20N4O2. The zero-order chi connectivity index (χ0) is 18.6. The summed E-state index contributed by atoms with van der Waals surface area (Å²) in [7, 11) is 1.70. The van der Waals surface area contributed by atoms with Crippen molar-refractivity contribution in [2.45, 2.75) is 13.0 Å². The van der Waals surface area contributed by atoms with Crippen molar-refractivity contribution in [2.24, 2.45) is 0 Å². The Kier molecular flexibility index (Phi) is 4.70. The largest absolute Gasteiger partial charge is 0.496 e. The van der Waals surface area contributed by atoms with E-state index in [0.717, 1.165) is 36.8 Å². The summed E-state index contributed by atoms with van der Waals surface area (Å²) >= 11 is 0. The molecule has 4 rings (SSSR count). The van der Waals surface area contributed by atoms with E-state index in [1.54, 1.807) is 13.2 Å². The van der Waals surface area contributed by atoms with Crippen LogP contribution in [0.15, 0.2) is 60.7 Å². The maximum absolute atomic E-state index is 12.3. The first-order valence-corrected chi connectivity index (χ1v) is 8.84. The lowest BCUT2D eigenvalue weighted by molar-refractivity contribution is 0.102.